The van der Waals surface area contributed by atoms with Crippen molar-refractivity contribution in [1.82, 2.24) is 29.4 Å². The Labute approximate surface area is 282 Å². The maximum atomic E-state index is 13.7. The molecule has 2 aliphatic rings. The van der Waals surface area contributed by atoms with Crippen LogP contribution in [-0.4, -0.2) is 76.0 Å². The van der Waals surface area contributed by atoms with Gasteiger partial charge in [0.2, 0.25) is 10.0 Å². The first-order valence-corrected chi connectivity index (χ1v) is 17.8. The molecule has 48 heavy (non-hydrogen) atoms. The van der Waals surface area contributed by atoms with E-state index in [9.17, 15) is 22.4 Å². The molecular weight excluding hydrogens is 658 g/mol. The van der Waals surface area contributed by atoms with Crippen LogP contribution in [0, 0.1) is 5.82 Å². The lowest BCUT2D eigenvalue weighted by molar-refractivity contribution is -0.130. The number of amides is 2. The molecule has 0 radical (unpaired) electrons. The van der Waals surface area contributed by atoms with E-state index in [-0.39, 0.29) is 34.8 Å². The summed E-state index contributed by atoms with van der Waals surface area (Å²) in [6.45, 7) is 1.08. The van der Waals surface area contributed by atoms with E-state index >= 15 is 0 Å². The summed E-state index contributed by atoms with van der Waals surface area (Å²) < 4.78 is 47.7. The molecule has 12 nitrogen and oxygen atoms in total. The molecule has 0 spiro atoms. The summed E-state index contributed by atoms with van der Waals surface area (Å²) in [6.07, 6.45) is 2.14. The number of hydrazone groups is 1. The predicted molar refractivity (Wildman–Crippen MR) is 177 cm³/mol. The fourth-order valence-electron chi connectivity index (χ4n) is 5.58. The van der Waals surface area contributed by atoms with Crippen LogP contribution in [0.15, 0.2) is 87.9 Å². The number of nitrogens with one attached hydrogen (secondary N) is 1. The van der Waals surface area contributed by atoms with E-state index in [4.69, 9.17) is 4.74 Å². The van der Waals surface area contributed by atoms with Gasteiger partial charge in [0.1, 0.15) is 11.6 Å². The summed E-state index contributed by atoms with van der Waals surface area (Å²) in [5.74, 6) is 0.180. The van der Waals surface area contributed by atoms with Crippen molar-refractivity contribution in [2.24, 2.45) is 12.1 Å². The van der Waals surface area contributed by atoms with Crippen LogP contribution in [0.25, 0.3) is 0 Å². The van der Waals surface area contributed by atoms with Gasteiger partial charge in [-0.05, 0) is 84.6 Å². The molecule has 1 atom stereocenters. The van der Waals surface area contributed by atoms with Crippen molar-refractivity contribution in [2.45, 2.75) is 41.9 Å². The predicted octanol–water partition coefficient (Wildman–Crippen LogP) is 4.15. The van der Waals surface area contributed by atoms with Gasteiger partial charge in [0.15, 0.2) is 11.0 Å². The third-order valence-corrected chi connectivity index (χ3v) is 11.2. The Morgan fingerprint density at radius 3 is 2.33 bits per heavy atom. The molecule has 6 rings (SSSR count). The molecule has 1 N–H and O–H groups in total. The Morgan fingerprint density at radius 1 is 0.979 bits per heavy atom. The van der Waals surface area contributed by atoms with E-state index < -0.39 is 16.1 Å². The number of carbonyl (C=O) groups is 2. The van der Waals surface area contributed by atoms with Gasteiger partial charge in [-0.1, -0.05) is 23.9 Å². The average Bonchev–Trinajstić information content (AvgIpc) is 3.88. The summed E-state index contributed by atoms with van der Waals surface area (Å²) in [5.41, 5.74) is 2.66. The van der Waals surface area contributed by atoms with Gasteiger partial charge in [-0.25, -0.2) is 17.8 Å². The van der Waals surface area contributed by atoms with Gasteiger partial charge in [-0.15, -0.1) is 10.2 Å². The molecule has 0 bridgehead atoms. The first-order valence-electron chi connectivity index (χ1n) is 15.3. The zero-order chi connectivity index (χ0) is 33.8. The summed E-state index contributed by atoms with van der Waals surface area (Å²) >= 11 is 1.19. The van der Waals surface area contributed by atoms with Crippen LogP contribution < -0.4 is 10.1 Å². The van der Waals surface area contributed by atoms with E-state index in [1.54, 1.807) is 30.9 Å². The molecule has 2 amide bonds. The van der Waals surface area contributed by atoms with Crippen LogP contribution in [0.2, 0.25) is 0 Å². The highest BCUT2D eigenvalue weighted by Crippen LogP contribution is 2.34. The molecule has 3 aromatic carbocycles. The smallest absolute Gasteiger partial charge is 0.253 e. The fraction of sp³-hybridized carbons (Fsp3) is 0.303. The molecule has 2 aliphatic heterocycles. The summed E-state index contributed by atoms with van der Waals surface area (Å²) in [5, 5.41) is 17.8. The van der Waals surface area contributed by atoms with E-state index in [1.165, 1.54) is 57.5 Å². The number of nitrogens with zero attached hydrogens (tertiary/aromatic N) is 6. The third kappa shape index (κ3) is 7.12. The van der Waals surface area contributed by atoms with Gasteiger partial charge in [0, 0.05) is 32.1 Å². The SMILES string of the molecule is COc1ccc(C2=NN(C(=O)CSc3nnc(CNC(=O)c4ccc(S(=O)(=O)N5CCCC5)cc4)n3C)[C@H](c3ccc(F)cc3)C2)cc1. The number of halogens is 1. The van der Waals surface area contributed by atoms with E-state index in [0.717, 1.165) is 29.7 Å². The Bertz CT molecular complexity index is 1930. The van der Waals surface area contributed by atoms with E-state index in [0.29, 0.717) is 41.8 Å². The number of rotatable bonds is 11. The lowest BCUT2D eigenvalue weighted by Crippen LogP contribution is -2.28. The van der Waals surface area contributed by atoms with Gasteiger partial charge < -0.3 is 14.6 Å². The number of hydrogen-bond acceptors (Lipinski definition) is 9. The quantitative estimate of drug-likeness (QED) is 0.232. The summed E-state index contributed by atoms with van der Waals surface area (Å²) in [4.78, 5) is 26.5. The highest BCUT2D eigenvalue weighted by atomic mass is 32.2. The molecule has 0 unspecified atom stereocenters. The number of ether oxygens (including phenoxy) is 1. The Hall–Kier alpha value is -4.60. The van der Waals surface area contributed by atoms with Crippen LogP contribution in [0.4, 0.5) is 4.39 Å². The molecule has 1 saturated heterocycles. The summed E-state index contributed by atoms with van der Waals surface area (Å²) in [7, 11) is -0.237. The van der Waals surface area contributed by atoms with Crippen molar-refractivity contribution in [3.05, 3.63) is 101 Å². The molecule has 1 aromatic heterocycles. The summed E-state index contributed by atoms with van der Waals surface area (Å²) in [6, 6.07) is 19.0. The lowest BCUT2D eigenvalue weighted by atomic mass is 9.98. The van der Waals surface area contributed by atoms with Gasteiger partial charge >= 0.3 is 0 Å². The fourth-order valence-corrected chi connectivity index (χ4v) is 7.88. The molecule has 4 aromatic rings. The van der Waals surface area contributed by atoms with Gasteiger partial charge in [-0.2, -0.15) is 9.41 Å². The normalized spacial score (nSPS) is 16.6. The van der Waals surface area contributed by atoms with Gasteiger partial charge in [-0.3, -0.25) is 9.59 Å². The van der Waals surface area contributed by atoms with Crippen LogP contribution in [-0.2, 0) is 28.4 Å². The minimum Gasteiger partial charge on any atom is -0.497 e. The second kappa shape index (κ2) is 14.3. The van der Waals surface area contributed by atoms with Crippen LogP contribution in [0.5, 0.6) is 5.75 Å². The zero-order valence-corrected chi connectivity index (χ0v) is 28.0. The van der Waals surface area contributed by atoms with Crippen molar-refractivity contribution in [3.63, 3.8) is 0 Å². The van der Waals surface area contributed by atoms with Gasteiger partial charge in [0.25, 0.3) is 11.8 Å². The Morgan fingerprint density at radius 2 is 1.67 bits per heavy atom. The minimum absolute atomic E-state index is 0.0160. The average molecular weight is 692 g/mol. The van der Waals surface area contributed by atoms with Crippen LogP contribution in [0.3, 0.4) is 0 Å². The number of sulfonamides is 1. The third-order valence-electron chi connectivity index (χ3n) is 8.32. The van der Waals surface area contributed by atoms with Crippen molar-refractivity contribution < 1.29 is 27.1 Å². The maximum Gasteiger partial charge on any atom is 0.253 e. The number of hydrogen-bond donors (Lipinski definition) is 1. The molecule has 0 aliphatic carbocycles. The molecule has 1 fully saturated rings. The first kappa shape index (κ1) is 33.3. The number of carbonyl (C=O) groups excluding carboxylic acids is 2. The number of thioether (sulfide) groups is 1. The second-order valence-electron chi connectivity index (χ2n) is 11.3. The molecular formula is C33H34FN7O5S2. The maximum absolute atomic E-state index is 13.7. The molecule has 15 heteroatoms. The second-order valence-corrected chi connectivity index (χ2v) is 14.2. The topological polar surface area (TPSA) is 139 Å². The highest BCUT2D eigenvalue weighted by Gasteiger charge is 2.33. The standard InChI is InChI=1S/C33H34FN7O5S2/c1-39-30(20-35-32(43)24-9-15-27(16-10-24)48(44,45)40-17-3-4-18-40)36-37-33(39)47-21-31(42)41-29(23-5-11-25(34)12-6-23)19-28(38-41)22-7-13-26(46-2)14-8-22/h5-16,29H,3-4,17-21H2,1-2H3,(H,35,43)/t29-/m0/s1. The van der Waals surface area contributed by atoms with Crippen LogP contribution in [0.1, 0.15) is 52.6 Å². The van der Waals surface area contributed by atoms with Crippen molar-refractivity contribution in [2.75, 3.05) is 26.0 Å². The highest BCUT2D eigenvalue weighted by molar-refractivity contribution is 7.99. The first-order chi connectivity index (χ1) is 23.1. The number of aromatic nitrogens is 3. The van der Waals surface area contributed by atoms with E-state index in [1.807, 2.05) is 24.3 Å². The Kier molecular flexibility index (Phi) is 9.89. The number of benzene rings is 3. The minimum atomic E-state index is -3.57. The van der Waals surface area contributed by atoms with E-state index in [2.05, 4.69) is 20.6 Å². The van der Waals surface area contributed by atoms with Crippen LogP contribution >= 0.6 is 11.8 Å². The van der Waals surface area contributed by atoms with Crippen molar-refractivity contribution in [1.29, 1.82) is 0 Å². The molecule has 0 saturated carbocycles. The van der Waals surface area contributed by atoms with Crippen molar-refractivity contribution in [3.8, 4) is 5.75 Å². The number of methoxy groups -OCH3 is 1. The monoisotopic (exact) mass is 691 g/mol. The van der Waals surface area contributed by atoms with Crippen molar-refractivity contribution >= 4 is 39.3 Å². The van der Waals surface area contributed by atoms with Gasteiger partial charge in [0.05, 0.1) is 36.1 Å². The lowest BCUT2D eigenvalue weighted by Gasteiger charge is -2.22. The molecule has 250 valence electrons. The Balaban J connectivity index is 1.08. The molecule has 3 heterocycles. The largest absolute Gasteiger partial charge is 0.497 e. The zero-order valence-electron chi connectivity index (χ0n) is 26.4.